The molecule has 0 fully saturated rings. The third kappa shape index (κ3) is 13.2. The van der Waals surface area contributed by atoms with E-state index in [-0.39, 0.29) is 88.7 Å². The fourth-order valence-corrected chi connectivity index (χ4v) is 6.27. The number of hydrogen-bond acceptors (Lipinski definition) is 18. The van der Waals surface area contributed by atoms with E-state index < -0.39 is 150 Å². The Kier molecular flexibility index (Phi) is 18.4. The zero-order valence-corrected chi connectivity index (χ0v) is 38.1. The molecule has 0 spiro atoms. The third-order valence-electron chi connectivity index (χ3n) is 7.33. The van der Waals surface area contributed by atoms with Gasteiger partial charge in [-0.2, -0.15) is 0 Å². The van der Waals surface area contributed by atoms with Gasteiger partial charge in [0.05, 0.1) is 14.7 Å². The molecule has 4 aromatic rings. The molecule has 0 atom stereocenters. The van der Waals surface area contributed by atoms with Gasteiger partial charge >= 0.3 is 88.7 Å². The molecule has 3 amide bonds. The van der Waals surface area contributed by atoms with Crippen molar-refractivity contribution in [1.29, 1.82) is 0 Å². The summed E-state index contributed by atoms with van der Waals surface area (Å²) in [5.41, 5.74) is -2.86. The minimum atomic E-state index is -5.14. The predicted octanol–water partition coefficient (Wildman–Crippen LogP) is -9.57. The Bertz CT molecular complexity index is 2280. The zero-order chi connectivity index (χ0) is 40.5. The Morgan fingerprint density at radius 2 is 0.632 bits per heavy atom. The van der Waals surface area contributed by atoms with Crippen LogP contribution in [-0.2, 0) is 50.0 Å². The van der Waals surface area contributed by atoms with Crippen molar-refractivity contribution in [1.82, 2.24) is 16.0 Å². The predicted molar refractivity (Wildman–Crippen MR) is 173 cm³/mol. The average molecular weight is 880 g/mol. The van der Waals surface area contributed by atoms with Gasteiger partial charge in [0.15, 0.2) is 34.5 Å². The van der Waals surface area contributed by atoms with Crippen LogP contribution in [0.1, 0.15) is 47.8 Å². The molecule has 4 aromatic carbocycles. The van der Waals surface area contributed by atoms with Crippen molar-refractivity contribution in [2.75, 3.05) is 0 Å². The zero-order valence-electron chi connectivity index (χ0n) is 29.6. The van der Waals surface area contributed by atoms with E-state index in [4.69, 9.17) is 0 Å². The molecule has 21 nitrogen and oxygen atoms in total. The molecule has 0 saturated heterocycles. The van der Waals surface area contributed by atoms with E-state index in [0.717, 1.165) is 18.2 Å². The van der Waals surface area contributed by atoms with Crippen molar-refractivity contribution in [3.05, 3.63) is 88.0 Å². The summed E-state index contributed by atoms with van der Waals surface area (Å²) in [6.45, 7) is -2.24. The van der Waals surface area contributed by atoms with Gasteiger partial charge in [0.25, 0.3) is 17.7 Å². The number of phenolic OH excluding ortho intramolecular Hbond substituents is 6. The van der Waals surface area contributed by atoms with Gasteiger partial charge < -0.3 is 60.2 Å². The Balaban J connectivity index is 0.00000541. The Labute approximate surface area is 389 Å². The third-order valence-corrected chi connectivity index (χ3v) is 9.77. The quantitative estimate of drug-likeness (QED) is 0.0362. The molecule has 0 heterocycles. The fourth-order valence-electron chi connectivity index (χ4n) is 4.64. The van der Waals surface area contributed by atoms with E-state index in [9.17, 15) is 83.9 Å². The molecule has 0 unspecified atom stereocenters. The number of amides is 3. The second-order valence-electron chi connectivity index (χ2n) is 11.1. The van der Waals surface area contributed by atoms with Crippen LogP contribution in [0.3, 0.4) is 0 Å². The molecule has 0 saturated carbocycles. The molecule has 0 aliphatic carbocycles. The molecule has 27 heteroatoms. The van der Waals surface area contributed by atoms with Crippen molar-refractivity contribution in [2.45, 2.75) is 34.3 Å². The van der Waals surface area contributed by atoms with E-state index >= 15 is 0 Å². The summed E-state index contributed by atoms with van der Waals surface area (Å²) in [4.78, 5) is 36.8. The molecule has 0 aliphatic heterocycles. The summed E-state index contributed by atoms with van der Waals surface area (Å²) >= 11 is 0. The number of benzene rings is 4. The monoisotopic (exact) mass is 879 g/mol. The minimum absolute atomic E-state index is 0. The second-order valence-corrected chi connectivity index (χ2v) is 15.2. The smallest absolute Gasteiger partial charge is 0.744 e. The Morgan fingerprint density at radius 1 is 0.421 bits per heavy atom. The summed E-state index contributed by atoms with van der Waals surface area (Å²) in [7, 11) is -15.4. The van der Waals surface area contributed by atoms with Crippen LogP contribution in [-0.4, -0.2) is 87.3 Å². The minimum Gasteiger partial charge on any atom is -0.744 e. The number of hydrogen-bond donors (Lipinski definition) is 9. The van der Waals surface area contributed by atoms with Crippen LogP contribution in [0, 0.1) is 0 Å². The molecule has 0 bridgehead atoms. The first-order chi connectivity index (χ1) is 24.9. The van der Waals surface area contributed by atoms with Gasteiger partial charge in [-0.15, -0.1) is 0 Å². The van der Waals surface area contributed by atoms with Crippen LogP contribution in [0.25, 0.3) is 0 Å². The van der Waals surface area contributed by atoms with Crippen LogP contribution >= 0.6 is 0 Å². The summed E-state index contributed by atoms with van der Waals surface area (Å²) in [6.07, 6.45) is 0. The SMILES string of the molecule is O=C(NCc1cc(S(=O)(=O)[O-])cc(O)c1O)c1cc(C(=O)NCc2cc(S(=O)(=O)[O-])cc(O)c2O)cc(C(=O)NCc2cc(S(=O)(=O)[O-])cc(O)c2O)c1.[Na+].[Na+].[Na+]. The van der Waals surface area contributed by atoms with Crippen LogP contribution in [0.15, 0.2) is 69.3 Å². The number of nitrogens with one attached hydrogen (secondary N) is 3. The van der Waals surface area contributed by atoms with Crippen molar-refractivity contribution in [3.63, 3.8) is 0 Å². The van der Waals surface area contributed by atoms with Crippen LogP contribution in [0.4, 0.5) is 0 Å². The molecule has 0 radical (unpaired) electrons. The first-order valence-corrected chi connectivity index (χ1v) is 18.6. The molecule has 288 valence electrons. The van der Waals surface area contributed by atoms with Gasteiger partial charge in [0.2, 0.25) is 0 Å². The molecular formula is C30H24N3Na3O18S3. The van der Waals surface area contributed by atoms with E-state index in [2.05, 4.69) is 16.0 Å². The van der Waals surface area contributed by atoms with Gasteiger partial charge in [-0.25, -0.2) is 25.3 Å². The molecular weight excluding hydrogens is 856 g/mol. The normalized spacial score (nSPS) is 11.2. The van der Waals surface area contributed by atoms with Crippen LogP contribution in [0.5, 0.6) is 34.5 Å². The molecule has 0 aromatic heterocycles. The molecule has 4 rings (SSSR count). The first-order valence-electron chi connectivity index (χ1n) is 14.4. The Hall–Kier alpha value is -3.18. The first kappa shape index (κ1) is 51.8. The summed E-state index contributed by atoms with van der Waals surface area (Å²) in [5.74, 6) is -9.19. The molecule has 57 heavy (non-hydrogen) atoms. The van der Waals surface area contributed by atoms with E-state index in [0.29, 0.717) is 36.4 Å². The number of phenols is 6. The standard InChI is InChI=1S/C30H27N3O18S3.3Na/c34-22-7-19(52(43,44)45)4-16(25(22)37)10-31-28(40)13-1-14(29(41)32-11-17-5-20(53(46,47)48)8-23(35)26(17)38)3-15(2-13)30(42)33-12-18-6-21(54(49,50)51)9-24(36)27(18)39;;;/h1-9,34-39H,10-12H2,(H,31,40)(H,32,41)(H,33,42)(H,43,44,45)(H,46,47,48)(H,49,50,51);;;/q;3*+1/p-3. The number of carbonyl (C=O) groups excluding carboxylic acids is 3. The maximum atomic E-state index is 13.2. The number of aromatic hydroxyl groups is 6. The topological polar surface area (TPSA) is 380 Å². The van der Waals surface area contributed by atoms with Crippen molar-refractivity contribution >= 4 is 48.1 Å². The van der Waals surface area contributed by atoms with E-state index in [1.807, 2.05) is 0 Å². The summed E-state index contributed by atoms with van der Waals surface area (Å²) < 4.78 is 103. The number of carbonyl (C=O) groups is 3. The van der Waals surface area contributed by atoms with Gasteiger partial charge in [-0.3, -0.25) is 14.4 Å². The largest absolute Gasteiger partial charge is 1.00 e. The van der Waals surface area contributed by atoms with Crippen LogP contribution < -0.4 is 105 Å². The maximum absolute atomic E-state index is 13.2. The van der Waals surface area contributed by atoms with Gasteiger partial charge in [0, 0.05) is 71.2 Å². The average Bonchev–Trinajstić information content (AvgIpc) is 3.07. The van der Waals surface area contributed by atoms with Crippen molar-refractivity contribution in [3.8, 4) is 34.5 Å². The summed E-state index contributed by atoms with van der Waals surface area (Å²) in [5, 5.41) is 66.6. The van der Waals surface area contributed by atoms with Crippen molar-refractivity contribution in [2.24, 2.45) is 0 Å². The summed E-state index contributed by atoms with van der Waals surface area (Å²) in [6, 6.07) is 6.01. The Morgan fingerprint density at radius 3 is 0.825 bits per heavy atom. The van der Waals surface area contributed by atoms with E-state index in [1.165, 1.54) is 0 Å². The maximum Gasteiger partial charge on any atom is 1.00 e. The van der Waals surface area contributed by atoms with E-state index in [1.54, 1.807) is 0 Å². The second kappa shape index (κ2) is 20.2. The van der Waals surface area contributed by atoms with Gasteiger partial charge in [0.1, 0.15) is 30.4 Å². The number of rotatable bonds is 12. The van der Waals surface area contributed by atoms with Gasteiger partial charge in [-0.1, -0.05) is 0 Å². The molecule has 9 N–H and O–H groups in total. The van der Waals surface area contributed by atoms with Gasteiger partial charge in [-0.05, 0) is 36.4 Å². The van der Waals surface area contributed by atoms with Crippen molar-refractivity contribution < 1.29 is 173 Å². The fraction of sp³-hybridized carbons (Fsp3) is 0.100. The molecule has 0 aliphatic rings. The van der Waals surface area contributed by atoms with Crippen LogP contribution in [0.2, 0.25) is 0 Å².